The minimum Gasteiger partial charge on any atom is -0.358 e. The number of hydrogen-bond acceptors (Lipinski definition) is 2. The topological polar surface area (TPSA) is 18.5 Å². The predicted molar refractivity (Wildman–Crippen MR) is 496 cm³/mol. The summed E-state index contributed by atoms with van der Waals surface area (Å²) in [7, 11) is -1.32. The average molecular weight is 1640 g/mol. The van der Waals surface area contributed by atoms with Crippen LogP contribution in [0.5, 0.6) is 0 Å². The van der Waals surface area contributed by atoms with E-state index in [1.807, 2.05) is 24.5 Å². The van der Waals surface area contributed by atoms with Crippen LogP contribution in [0, 0.1) is 14.9 Å². The Labute approximate surface area is 683 Å². The first-order chi connectivity index (χ1) is 51.7. The van der Waals surface area contributed by atoms with Gasteiger partial charge in [-0.25, -0.2) is 0 Å². The van der Waals surface area contributed by atoms with Crippen LogP contribution in [0.2, 0.25) is 0 Å². The molecule has 2 aliphatic carbocycles. The van der Waals surface area contributed by atoms with Gasteiger partial charge in [-0.3, -0.25) is 0 Å². The zero-order chi connectivity index (χ0) is 73.5. The van der Waals surface area contributed by atoms with Crippen LogP contribution >= 0.6 is 63.4 Å². The first-order valence-corrected chi connectivity index (χ1v) is 52.5. The summed E-state index contributed by atoms with van der Waals surface area (Å²) >= 11 is 0. The Morgan fingerprint density at radius 2 is 0.514 bits per heavy atom. The standard InChI is InChI=1S/C29H28O2P2.C28H28P2.C17H24P2.2C11H21P.2CH3.Fe/c1-29(2)30-27(32(23-15-7-3-8-16-23)24-17-9-4-10-18-24)28(31-29)33(25-19-11-5-12-20-25)26-21-13-6-14-22-26;1-23(29(25-15-7-3-8-16-25)26-17-9-4-10-18-26)24(2)30(27-19-11-5-12-20-27)28-21-13-6-14-22-28;1-12-7-9-14-11-15-10-8-13(2)19(15)17-6-4-3-5-16(17)18(12)14;2*1-9-7-8-10(2)12(9)11-5-3-4-6-11;;;/h3-22,27-28H,1-2H3;3-24H,1-2H3;3-6,12-15H,7-11H2,1-2H3;2*9-11H,3-8H2,1-2H3;2*1H3;/q;;;;;2*-1;+2/t27-,28-;23-,24-;12-,13-,14+,15+,18?,19?;2*9-,10-;;;/m11011.../s1. The molecule has 0 spiro atoms. The van der Waals surface area contributed by atoms with Crippen molar-refractivity contribution in [2.24, 2.45) is 0 Å². The number of ether oxygens (including phenoxy) is 2. The number of hydrogen-bond donors (Lipinski definition) is 0. The molecule has 0 aromatic heterocycles. The molecule has 6 aliphatic heterocycles. The number of rotatable bonds is 15. The first kappa shape index (κ1) is 88.2. The van der Waals surface area contributed by atoms with Crippen molar-refractivity contribution in [1.82, 2.24) is 0 Å². The van der Waals surface area contributed by atoms with E-state index in [2.05, 4.69) is 322 Å². The maximum Gasteiger partial charge on any atom is 2.00 e. The van der Waals surface area contributed by atoms with E-state index >= 15 is 0 Å². The van der Waals surface area contributed by atoms with E-state index in [0.29, 0.717) is 27.2 Å². The van der Waals surface area contributed by atoms with Crippen molar-refractivity contribution in [2.45, 2.75) is 264 Å². The summed E-state index contributed by atoms with van der Waals surface area (Å²) < 4.78 is 13.6. The van der Waals surface area contributed by atoms with Crippen LogP contribution in [0.3, 0.4) is 0 Å². The van der Waals surface area contributed by atoms with Crippen LogP contribution in [0.1, 0.15) is 178 Å². The fraction of sp³-hybridized carbons (Fsp3) is 0.429. The third-order valence-corrected chi connectivity index (χ3v) is 50.9. The molecule has 14 atom stereocenters. The minimum atomic E-state index is -0.794. The van der Waals surface area contributed by atoms with Gasteiger partial charge in [-0.05, 0) is 250 Å². The van der Waals surface area contributed by atoms with E-state index in [9.17, 15) is 0 Å². The predicted octanol–water partition coefficient (Wildman–Crippen LogP) is 25.0. The normalized spacial score (nSPS) is 26.1. The molecule has 9 aromatic carbocycles. The van der Waals surface area contributed by atoms with Crippen LogP contribution in [-0.2, 0) is 26.5 Å². The van der Waals surface area contributed by atoms with Crippen molar-refractivity contribution < 1.29 is 26.5 Å². The average Bonchev–Trinajstić information content (AvgIpc) is 1.58. The van der Waals surface area contributed by atoms with Crippen LogP contribution in [0.4, 0.5) is 0 Å². The summed E-state index contributed by atoms with van der Waals surface area (Å²) in [4.78, 5) is 0. The van der Waals surface area contributed by atoms with Gasteiger partial charge in [-0.1, -0.05) is 380 Å². The summed E-state index contributed by atoms with van der Waals surface area (Å²) in [6.07, 6.45) is 26.1. The molecule has 7 fully saturated rings. The molecule has 580 valence electrons. The van der Waals surface area contributed by atoms with E-state index in [1.54, 1.807) is 32.1 Å². The maximum absolute atomic E-state index is 6.78. The van der Waals surface area contributed by atoms with Crippen molar-refractivity contribution in [1.29, 1.82) is 0 Å². The smallest absolute Gasteiger partial charge is 0.358 e. The Morgan fingerprint density at radius 3 is 0.761 bits per heavy atom. The summed E-state index contributed by atoms with van der Waals surface area (Å²) in [5, 5.41) is 14.8. The molecule has 11 heteroatoms. The van der Waals surface area contributed by atoms with Gasteiger partial charge in [0.25, 0.3) is 0 Å². The van der Waals surface area contributed by atoms with Crippen LogP contribution in [0.15, 0.2) is 267 Å². The second kappa shape index (κ2) is 43.2. The second-order valence-corrected chi connectivity index (χ2v) is 54.4. The fourth-order valence-electron chi connectivity index (χ4n) is 19.3. The van der Waals surface area contributed by atoms with Crippen LogP contribution in [-0.4, -0.2) is 85.4 Å². The van der Waals surface area contributed by atoms with Gasteiger partial charge in [0, 0.05) is 0 Å². The maximum atomic E-state index is 6.78. The van der Waals surface area contributed by atoms with E-state index < -0.39 is 37.5 Å². The molecule has 9 aromatic rings. The molecule has 6 heterocycles. The molecule has 17 rings (SSSR count). The molecule has 5 saturated heterocycles. The zero-order valence-corrected chi connectivity index (χ0v) is 76.0. The van der Waals surface area contributed by atoms with E-state index in [-0.39, 0.29) is 59.5 Å². The first-order valence-electron chi connectivity index (χ1n) is 40.8. The quantitative estimate of drug-likeness (QED) is 0.0579. The molecule has 109 heavy (non-hydrogen) atoms. The minimum absolute atomic E-state index is 0. The van der Waals surface area contributed by atoms with Crippen LogP contribution in [0.25, 0.3) is 0 Å². The molecular weight excluding hydrogens is 1510 g/mol. The Balaban J connectivity index is 0.000000152. The van der Waals surface area contributed by atoms with Gasteiger partial charge in [0.05, 0.1) is 0 Å². The zero-order valence-electron chi connectivity index (χ0n) is 67.8. The molecule has 2 unspecified atom stereocenters. The van der Waals surface area contributed by atoms with Crippen molar-refractivity contribution in [3.8, 4) is 0 Å². The molecule has 2 saturated carbocycles. The van der Waals surface area contributed by atoms with E-state index in [4.69, 9.17) is 9.47 Å². The third kappa shape index (κ3) is 22.1. The van der Waals surface area contributed by atoms with Gasteiger partial charge in [0.2, 0.25) is 0 Å². The van der Waals surface area contributed by atoms with Gasteiger partial charge in [0.1, 0.15) is 11.7 Å². The monoisotopic (exact) mass is 1640 g/mol. The van der Waals surface area contributed by atoms with E-state index in [1.165, 1.54) is 131 Å². The van der Waals surface area contributed by atoms with Gasteiger partial charge in [-0.15, -0.1) is 0 Å². The molecular formula is C98H128FeO2P8. The van der Waals surface area contributed by atoms with Gasteiger partial charge < -0.3 is 24.3 Å². The SMILES string of the molecule is CC1(C)O[C@H](P(c2ccccc2)c2ccccc2)[C@@H](P(c2ccccc2)c2ccccc2)O1.C[C@@H]1CC[C@@H](C)P1C1CCCC1.C[C@@H]1CC[C@@H](C)P1C1CCCC1.C[C@H]([C@@H](C)P(c1ccccc1)c1ccccc1)P(c1ccccc1)c1ccccc1.C[C@H]1CC[C@@H]2C[C@H]3CC[C@H](C)P3c3ccccc3P21.[CH3-].[CH3-].[Fe+2]. The number of benzene rings is 9. The Kier molecular flexibility index (Phi) is 34.9. The molecule has 0 radical (unpaired) electrons. The van der Waals surface area contributed by atoms with Gasteiger partial charge >= 0.3 is 17.1 Å². The molecule has 8 aliphatic rings. The van der Waals surface area contributed by atoms with Crippen molar-refractivity contribution >= 4 is 116 Å². The Hall–Kier alpha value is -3.14. The summed E-state index contributed by atoms with van der Waals surface area (Å²) in [6, 6.07) is 97.3. The molecule has 0 amide bonds. The third-order valence-electron chi connectivity index (χ3n) is 24.4. The summed E-state index contributed by atoms with van der Waals surface area (Å²) in [5.74, 6) is -0.776. The second-order valence-electron chi connectivity index (χ2n) is 32.1. The van der Waals surface area contributed by atoms with E-state index in [0.717, 1.165) is 45.3 Å². The Bertz CT molecular complexity index is 3590. The molecule has 0 bridgehead atoms. The van der Waals surface area contributed by atoms with Crippen molar-refractivity contribution in [2.75, 3.05) is 0 Å². The summed E-state index contributed by atoms with van der Waals surface area (Å²) in [5.41, 5.74) is 11.9. The van der Waals surface area contributed by atoms with Crippen molar-refractivity contribution in [3.63, 3.8) is 0 Å². The van der Waals surface area contributed by atoms with Gasteiger partial charge in [-0.2, -0.15) is 0 Å². The largest absolute Gasteiger partial charge is 2.00 e. The molecule has 2 nitrogen and oxygen atoms in total. The van der Waals surface area contributed by atoms with Gasteiger partial charge in [0.15, 0.2) is 5.79 Å². The fourth-order valence-corrected chi connectivity index (χ4v) is 47.6. The Morgan fingerprint density at radius 1 is 0.294 bits per heavy atom. The summed E-state index contributed by atoms with van der Waals surface area (Å²) in [6.45, 7) is 24.1. The number of fused-ring (bicyclic) bond motifs is 5. The van der Waals surface area contributed by atoms with Crippen LogP contribution < -0.4 is 53.0 Å². The molecule has 0 N–H and O–H groups in total. The van der Waals surface area contributed by atoms with Crippen molar-refractivity contribution in [3.05, 3.63) is 282 Å².